The molecule has 3 rings (SSSR count). The predicted octanol–water partition coefficient (Wildman–Crippen LogP) is 6.31. The average Bonchev–Trinajstić information content (AvgIpc) is 3.13. The molecule has 0 bridgehead atoms. The fraction of sp³-hybridized carbons (Fsp3) is 0.348. The number of alkyl halides is 3. The lowest BCUT2D eigenvalue weighted by atomic mass is 10.0. The molecule has 1 aliphatic rings. The molecule has 166 valence electrons. The number of benzene rings is 2. The van der Waals surface area contributed by atoms with Crippen LogP contribution in [0.5, 0.6) is 0 Å². The van der Waals surface area contributed by atoms with E-state index in [4.69, 9.17) is 16.9 Å². The molecule has 0 N–H and O–H groups in total. The van der Waals surface area contributed by atoms with Gasteiger partial charge in [0.05, 0.1) is 17.2 Å². The molecule has 1 atom stereocenters. The van der Waals surface area contributed by atoms with E-state index in [0.29, 0.717) is 17.3 Å². The number of likely N-dealkylation sites (tertiary alicyclic amines) is 1. The Morgan fingerprint density at radius 2 is 2.00 bits per heavy atom. The van der Waals surface area contributed by atoms with E-state index in [9.17, 15) is 13.2 Å². The smallest absolute Gasteiger partial charge is 0.363 e. The number of hydrogen-bond donors (Lipinski definition) is 0. The molecule has 2 aromatic carbocycles. The Kier molecular flexibility index (Phi) is 8.41. The highest BCUT2D eigenvalue weighted by Gasteiger charge is 2.35. The third-order valence-electron chi connectivity index (χ3n) is 5.24. The Bertz CT molecular complexity index is 969. The average molecular weight is 470 g/mol. The van der Waals surface area contributed by atoms with Crippen molar-refractivity contribution in [2.45, 2.75) is 32.1 Å². The molecule has 0 aromatic heterocycles. The zero-order valence-electron chi connectivity index (χ0n) is 17.1. The van der Waals surface area contributed by atoms with Crippen LogP contribution < -0.4 is 4.90 Å². The summed E-state index contributed by atoms with van der Waals surface area (Å²) in [6.07, 6.45) is -3.78. The first kappa shape index (κ1) is 25.1. The van der Waals surface area contributed by atoms with Crippen LogP contribution in [0.1, 0.15) is 30.0 Å². The normalized spacial score (nSPS) is 16.5. The summed E-state index contributed by atoms with van der Waals surface area (Å²) in [7, 11) is 0. The van der Waals surface area contributed by atoms with Crippen LogP contribution in [0.4, 0.5) is 18.9 Å². The van der Waals surface area contributed by atoms with Gasteiger partial charge in [-0.15, -0.1) is 12.4 Å². The quantitative estimate of drug-likeness (QED) is 0.464. The fourth-order valence-electron chi connectivity index (χ4n) is 3.88. The molecule has 31 heavy (non-hydrogen) atoms. The molecule has 0 unspecified atom stereocenters. The first-order valence-electron chi connectivity index (χ1n) is 9.67. The fourth-order valence-corrected chi connectivity index (χ4v) is 4.07. The van der Waals surface area contributed by atoms with Crippen LogP contribution >= 0.6 is 24.0 Å². The van der Waals surface area contributed by atoms with Crippen molar-refractivity contribution < 1.29 is 13.2 Å². The third kappa shape index (κ3) is 6.16. The largest absolute Gasteiger partial charge is 0.417 e. The molecule has 1 heterocycles. The molecule has 2 aromatic rings. The number of nitrogens with zero attached hydrogens (tertiary/aromatic N) is 3. The Morgan fingerprint density at radius 1 is 1.29 bits per heavy atom. The summed E-state index contributed by atoms with van der Waals surface area (Å²) < 4.78 is 40.6. The topological polar surface area (TPSA) is 30.3 Å². The number of nitriles is 1. The van der Waals surface area contributed by atoms with E-state index in [1.807, 2.05) is 30.0 Å². The lowest BCUT2D eigenvalue weighted by Crippen LogP contribution is -2.37. The minimum Gasteiger partial charge on any atom is -0.363 e. The molecule has 0 aliphatic carbocycles. The van der Waals surface area contributed by atoms with Crippen LogP contribution in [-0.4, -0.2) is 30.6 Å². The molecule has 0 amide bonds. The molecule has 0 saturated carbocycles. The van der Waals surface area contributed by atoms with Crippen molar-refractivity contribution in [3.05, 3.63) is 76.3 Å². The highest BCUT2D eigenvalue weighted by Crippen LogP contribution is 2.36. The van der Waals surface area contributed by atoms with Crippen LogP contribution in [0.2, 0.25) is 5.02 Å². The molecule has 1 saturated heterocycles. The van der Waals surface area contributed by atoms with Crippen LogP contribution in [-0.2, 0) is 12.7 Å². The van der Waals surface area contributed by atoms with Gasteiger partial charge in [0.1, 0.15) is 0 Å². The van der Waals surface area contributed by atoms with Gasteiger partial charge in [-0.1, -0.05) is 42.0 Å². The lowest BCUT2D eigenvalue weighted by molar-refractivity contribution is -0.137. The van der Waals surface area contributed by atoms with Crippen LogP contribution in [0, 0.1) is 11.3 Å². The minimum absolute atomic E-state index is 0. The van der Waals surface area contributed by atoms with Gasteiger partial charge < -0.3 is 4.90 Å². The minimum atomic E-state index is -4.60. The highest BCUT2D eigenvalue weighted by atomic mass is 35.5. The molecule has 1 aliphatic heterocycles. The summed E-state index contributed by atoms with van der Waals surface area (Å²) >= 11 is 6.34. The molecule has 0 radical (unpaired) electrons. The Hall–Kier alpha value is -2.20. The van der Waals surface area contributed by atoms with Crippen LogP contribution in [0.25, 0.3) is 0 Å². The van der Waals surface area contributed by atoms with Gasteiger partial charge in [0.25, 0.3) is 0 Å². The third-order valence-corrected chi connectivity index (χ3v) is 5.61. The SMILES string of the molecule is C=C(C)CN1CC[C@H](N(Cc2ccccc2Cl)c2ccc(C#N)c(C(F)(F)F)c2)C1.Cl. The van der Waals surface area contributed by atoms with Crippen molar-refractivity contribution in [2.24, 2.45) is 0 Å². The summed E-state index contributed by atoms with van der Waals surface area (Å²) in [6, 6.07) is 12.9. The second-order valence-corrected chi connectivity index (χ2v) is 8.10. The first-order chi connectivity index (χ1) is 14.2. The number of rotatable bonds is 6. The second-order valence-electron chi connectivity index (χ2n) is 7.69. The van der Waals surface area contributed by atoms with Gasteiger partial charge in [-0.3, -0.25) is 4.90 Å². The molecular weight excluding hydrogens is 446 g/mol. The van der Waals surface area contributed by atoms with Gasteiger partial charge in [0.15, 0.2) is 0 Å². The summed E-state index contributed by atoms with van der Waals surface area (Å²) in [6.45, 7) is 8.63. The number of halogens is 5. The van der Waals surface area contributed by atoms with Crippen molar-refractivity contribution in [2.75, 3.05) is 24.5 Å². The maximum atomic E-state index is 13.5. The summed E-state index contributed by atoms with van der Waals surface area (Å²) in [5, 5.41) is 9.69. The maximum absolute atomic E-state index is 13.5. The van der Waals surface area contributed by atoms with Crippen molar-refractivity contribution in [3.63, 3.8) is 0 Å². The number of hydrogen-bond acceptors (Lipinski definition) is 3. The van der Waals surface area contributed by atoms with Crippen molar-refractivity contribution in [1.82, 2.24) is 4.90 Å². The molecule has 1 fully saturated rings. The maximum Gasteiger partial charge on any atom is 0.417 e. The molecule has 3 nitrogen and oxygen atoms in total. The first-order valence-corrected chi connectivity index (χ1v) is 10.0. The second kappa shape index (κ2) is 10.4. The van der Waals surface area contributed by atoms with E-state index in [1.54, 1.807) is 18.2 Å². The van der Waals surface area contributed by atoms with Gasteiger partial charge in [-0.2, -0.15) is 18.4 Å². The van der Waals surface area contributed by atoms with Crippen molar-refractivity contribution in [3.8, 4) is 6.07 Å². The highest BCUT2D eigenvalue weighted by molar-refractivity contribution is 6.31. The van der Waals surface area contributed by atoms with Crippen molar-refractivity contribution >= 4 is 29.7 Å². The summed E-state index contributed by atoms with van der Waals surface area (Å²) in [4.78, 5) is 4.22. The van der Waals surface area contributed by atoms with Gasteiger partial charge in [0, 0.05) is 42.9 Å². The standard InChI is InChI=1S/C23H23ClF3N3.ClH/c1-16(2)13-29-10-9-20(15-29)30(14-18-5-3-4-6-22(18)24)19-8-7-17(12-28)21(11-19)23(25,26)27;/h3-8,11,20H,1,9-10,13-15H2,2H3;1H/t20-;/m0./s1. The van der Waals surface area contributed by atoms with Crippen LogP contribution in [0.3, 0.4) is 0 Å². The van der Waals surface area contributed by atoms with E-state index in [1.165, 1.54) is 6.07 Å². The summed E-state index contributed by atoms with van der Waals surface area (Å²) in [5.74, 6) is 0. The Labute approximate surface area is 192 Å². The molecule has 0 spiro atoms. The van der Waals surface area contributed by atoms with E-state index in [-0.39, 0.29) is 24.0 Å². The van der Waals surface area contributed by atoms with E-state index in [0.717, 1.165) is 43.3 Å². The molecular formula is C23H24Cl2F3N3. The van der Waals surface area contributed by atoms with E-state index in [2.05, 4.69) is 11.5 Å². The van der Waals surface area contributed by atoms with Gasteiger partial charge in [-0.25, -0.2) is 0 Å². The van der Waals surface area contributed by atoms with E-state index < -0.39 is 11.7 Å². The Morgan fingerprint density at radius 3 is 2.61 bits per heavy atom. The van der Waals surface area contributed by atoms with Gasteiger partial charge >= 0.3 is 6.18 Å². The zero-order chi connectivity index (χ0) is 21.9. The van der Waals surface area contributed by atoms with E-state index >= 15 is 0 Å². The number of anilines is 1. The van der Waals surface area contributed by atoms with Gasteiger partial charge in [-0.05, 0) is 43.2 Å². The monoisotopic (exact) mass is 469 g/mol. The predicted molar refractivity (Wildman–Crippen MR) is 121 cm³/mol. The van der Waals surface area contributed by atoms with Crippen LogP contribution in [0.15, 0.2) is 54.6 Å². The van der Waals surface area contributed by atoms with Crippen molar-refractivity contribution in [1.29, 1.82) is 5.26 Å². The molecule has 8 heteroatoms. The summed E-state index contributed by atoms with van der Waals surface area (Å²) in [5.41, 5.74) is 1.03. The Balaban J connectivity index is 0.00000341. The zero-order valence-corrected chi connectivity index (χ0v) is 18.7. The lowest BCUT2D eigenvalue weighted by Gasteiger charge is -2.32. The van der Waals surface area contributed by atoms with Gasteiger partial charge in [0.2, 0.25) is 0 Å².